The Hall–Kier alpha value is -2.72. The van der Waals surface area contributed by atoms with Gasteiger partial charge in [0.2, 0.25) is 0 Å². The van der Waals surface area contributed by atoms with Crippen LogP contribution in [0.25, 0.3) is 10.9 Å². The van der Waals surface area contributed by atoms with Crippen molar-refractivity contribution in [2.24, 2.45) is 0 Å². The van der Waals surface area contributed by atoms with Gasteiger partial charge in [0.05, 0.1) is 12.6 Å². The van der Waals surface area contributed by atoms with Crippen LogP contribution in [0.3, 0.4) is 0 Å². The van der Waals surface area contributed by atoms with E-state index in [1.807, 2.05) is 36.4 Å². The topological polar surface area (TPSA) is 51.2 Å². The zero-order valence-corrected chi connectivity index (χ0v) is 14.1. The Morgan fingerprint density at radius 1 is 1.04 bits per heavy atom. The highest BCUT2D eigenvalue weighted by atomic mass is 16.5. The quantitative estimate of drug-likeness (QED) is 0.745. The molecule has 1 fully saturated rings. The van der Waals surface area contributed by atoms with Crippen molar-refractivity contribution in [3.8, 4) is 0 Å². The number of carbonyl (C=O) groups is 1. The van der Waals surface area contributed by atoms with Crippen LogP contribution in [0.4, 0.5) is 0 Å². The Bertz CT molecular complexity index is 895. The summed E-state index contributed by atoms with van der Waals surface area (Å²) >= 11 is 0. The van der Waals surface area contributed by atoms with Gasteiger partial charge in [-0.3, -0.25) is 15.1 Å². The second kappa shape index (κ2) is 6.65. The zero-order valence-electron chi connectivity index (χ0n) is 14.1. The number of benzene rings is 2. The van der Waals surface area contributed by atoms with Crippen molar-refractivity contribution < 1.29 is 9.53 Å². The largest absolute Gasteiger partial charge is 0.468 e. The monoisotopic (exact) mass is 332 g/mol. The number of hydrogen-bond acceptors (Lipinski definition) is 4. The maximum absolute atomic E-state index is 12.1. The lowest BCUT2D eigenvalue weighted by Gasteiger charge is -2.20. The lowest BCUT2D eigenvalue weighted by molar-refractivity contribution is -0.142. The van der Waals surface area contributed by atoms with Crippen LogP contribution >= 0.6 is 0 Å². The summed E-state index contributed by atoms with van der Waals surface area (Å²) in [4.78, 5) is 16.9. The maximum Gasteiger partial charge on any atom is 0.322 e. The first-order valence-corrected chi connectivity index (χ1v) is 8.51. The smallest absolute Gasteiger partial charge is 0.322 e. The molecule has 2 heterocycles. The van der Waals surface area contributed by atoms with Crippen LogP contribution in [0, 0.1) is 0 Å². The van der Waals surface area contributed by atoms with Gasteiger partial charge in [0, 0.05) is 23.0 Å². The van der Waals surface area contributed by atoms with Gasteiger partial charge in [-0.2, -0.15) is 0 Å². The molecule has 1 aromatic heterocycles. The second-order valence-corrected chi connectivity index (χ2v) is 6.40. The average Bonchev–Trinajstić information content (AvgIpc) is 3.13. The fourth-order valence-corrected chi connectivity index (χ4v) is 3.67. The van der Waals surface area contributed by atoms with Gasteiger partial charge in [-0.15, -0.1) is 0 Å². The molecular weight excluding hydrogens is 312 g/mol. The van der Waals surface area contributed by atoms with E-state index in [4.69, 9.17) is 9.72 Å². The van der Waals surface area contributed by atoms with Crippen LogP contribution in [0.5, 0.6) is 0 Å². The number of carbonyl (C=O) groups excluding carboxylic acids is 1. The Morgan fingerprint density at radius 3 is 2.60 bits per heavy atom. The predicted octanol–water partition coefficient (Wildman–Crippen LogP) is 3.59. The van der Waals surface area contributed by atoms with Crippen molar-refractivity contribution in [3.63, 3.8) is 0 Å². The number of ether oxygens (including phenoxy) is 1. The molecule has 0 spiro atoms. The predicted molar refractivity (Wildman–Crippen MR) is 97.2 cm³/mol. The highest BCUT2D eigenvalue weighted by Gasteiger charge is 2.40. The van der Waals surface area contributed by atoms with E-state index in [1.54, 1.807) is 0 Å². The molecule has 1 saturated heterocycles. The lowest BCUT2D eigenvalue weighted by Crippen LogP contribution is -2.33. The summed E-state index contributed by atoms with van der Waals surface area (Å²) in [6.45, 7) is 0. The maximum atomic E-state index is 12.1. The summed E-state index contributed by atoms with van der Waals surface area (Å²) in [7, 11) is 1.43. The summed E-state index contributed by atoms with van der Waals surface area (Å²) in [5, 5.41) is 4.56. The number of para-hydroxylation sites is 1. The molecule has 0 bridgehead atoms. The van der Waals surface area contributed by atoms with E-state index in [0.717, 1.165) is 22.2 Å². The number of nitrogens with zero attached hydrogens (tertiary/aromatic N) is 1. The van der Waals surface area contributed by atoms with Gasteiger partial charge in [-0.05, 0) is 24.1 Å². The normalized spacial score (nSPS) is 22.8. The molecule has 4 nitrogen and oxygen atoms in total. The van der Waals surface area contributed by atoms with Crippen LogP contribution in [0.2, 0.25) is 0 Å². The van der Waals surface area contributed by atoms with Crippen molar-refractivity contribution in [1.82, 2.24) is 10.3 Å². The van der Waals surface area contributed by atoms with Gasteiger partial charge in [-0.25, -0.2) is 0 Å². The van der Waals surface area contributed by atoms with E-state index in [0.29, 0.717) is 6.42 Å². The third-order valence-corrected chi connectivity index (χ3v) is 4.92. The molecule has 0 unspecified atom stereocenters. The van der Waals surface area contributed by atoms with E-state index >= 15 is 0 Å². The minimum Gasteiger partial charge on any atom is -0.468 e. The standard InChI is InChI=1S/C21H20N2O2/c1-25-21(24)19-13-16(20(23-19)15-8-3-2-4-9-15)18-12-11-14-7-5-6-10-17(14)22-18/h2-12,16,19-20,23H,13H2,1H3/t16-,19-,20-/m1/s1. The van der Waals surface area contributed by atoms with Crippen LogP contribution in [-0.4, -0.2) is 24.1 Å². The fraction of sp³-hybridized carbons (Fsp3) is 0.238. The Labute approximate surface area is 146 Å². The minimum atomic E-state index is -0.312. The Morgan fingerprint density at radius 2 is 1.80 bits per heavy atom. The van der Waals surface area contributed by atoms with E-state index in [1.165, 1.54) is 7.11 Å². The molecule has 1 N–H and O–H groups in total. The van der Waals surface area contributed by atoms with Crippen LogP contribution in [-0.2, 0) is 9.53 Å². The number of aromatic nitrogens is 1. The van der Waals surface area contributed by atoms with Crippen molar-refractivity contribution >= 4 is 16.9 Å². The molecule has 126 valence electrons. The van der Waals surface area contributed by atoms with Gasteiger partial charge >= 0.3 is 5.97 Å². The summed E-state index contributed by atoms with van der Waals surface area (Å²) in [6, 6.07) is 22.2. The van der Waals surface area contributed by atoms with Gasteiger partial charge in [0.15, 0.2) is 0 Å². The number of rotatable bonds is 3. The van der Waals surface area contributed by atoms with Crippen molar-refractivity contribution in [3.05, 3.63) is 78.0 Å². The van der Waals surface area contributed by atoms with Gasteiger partial charge in [-0.1, -0.05) is 54.6 Å². The SMILES string of the molecule is COC(=O)[C@H]1C[C@H](c2ccc3ccccc3n2)[C@@H](c2ccccc2)N1. The summed E-state index contributed by atoms with van der Waals surface area (Å²) < 4.78 is 4.95. The molecule has 25 heavy (non-hydrogen) atoms. The molecule has 1 aliphatic heterocycles. The number of pyridine rings is 1. The Kier molecular flexibility index (Phi) is 4.20. The number of esters is 1. The lowest BCUT2D eigenvalue weighted by atomic mass is 9.90. The van der Waals surface area contributed by atoms with Crippen molar-refractivity contribution in [1.29, 1.82) is 0 Å². The molecule has 0 amide bonds. The summed E-state index contributed by atoms with van der Waals surface area (Å²) in [5.41, 5.74) is 3.15. The van der Waals surface area contributed by atoms with Crippen LogP contribution < -0.4 is 5.32 Å². The Balaban J connectivity index is 1.74. The third-order valence-electron chi connectivity index (χ3n) is 4.92. The molecule has 3 aromatic rings. The fourth-order valence-electron chi connectivity index (χ4n) is 3.67. The minimum absolute atomic E-state index is 0.0407. The molecule has 3 atom stereocenters. The number of nitrogens with one attached hydrogen (secondary N) is 1. The molecule has 0 saturated carbocycles. The van der Waals surface area contributed by atoms with E-state index < -0.39 is 0 Å². The highest BCUT2D eigenvalue weighted by molar-refractivity contribution is 5.79. The first-order chi connectivity index (χ1) is 12.3. The zero-order chi connectivity index (χ0) is 17.2. The van der Waals surface area contributed by atoms with Crippen molar-refractivity contribution in [2.45, 2.75) is 24.4 Å². The molecule has 1 aliphatic rings. The van der Waals surface area contributed by atoms with Crippen LogP contribution in [0.1, 0.15) is 29.6 Å². The second-order valence-electron chi connectivity index (χ2n) is 6.40. The third kappa shape index (κ3) is 3.01. The van der Waals surface area contributed by atoms with E-state index in [2.05, 4.69) is 35.6 Å². The van der Waals surface area contributed by atoms with E-state index in [9.17, 15) is 4.79 Å². The summed E-state index contributed by atoms with van der Waals surface area (Å²) in [6.07, 6.45) is 0.678. The highest BCUT2D eigenvalue weighted by Crippen LogP contribution is 2.40. The van der Waals surface area contributed by atoms with Crippen molar-refractivity contribution in [2.75, 3.05) is 7.11 Å². The number of fused-ring (bicyclic) bond motifs is 1. The molecular formula is C21H20N2O2. The van der Waals surface area contributed by atoms with Crippen LogP contribution in [0.15, 0.2) is 66.7 Å². The van der Waals surface area contributed by atoms with Gasteiger partial charge in [0.1, 0.15) is 6.04 Å². The molecule has 0 radical (unpaired) electrons. The first-order valence-electron chi connectivity index (χ1n) is 8.51. The van der Waals surface area contributed by atoms with E-state index in [-0.39, 0.29) is 24.0 Å². The first kappa shape index (κ1) is 15.8. The number of hydrogen-bond donors (Lipinski definition) is 1. The number of methoxy groups -OCH3 is 1. The van der Waals surface area contributed by atoms with Gasteiger partial charge in [0.25, 0.3) is 0 Å². The molecule has 4 rings (SSSR count). The molecule has 4 heteroatoms. The molecule has 0 aliphatic carbocycles. The summed E-state index contributed by atoms with van der Waals surface area (Å²) in [5.74, 6) is -0.0969. The average molecular weight is 332 g/mol. The molecule has 2 aromatic carbocycles. The van der Waals surface area contributed by atoms with Gasteiger partial charge < -0.3 is 4.74 Å².